The fraction of sp³-hybridized carbons (Fsp3) is 0.333. The molecule has 0 saturated heterocycles. The van der Waals surface area contributed by atoms with Crippen LogP contribution in [-0.4, -0.2) is 16.1 Å². The molecule has 1 aromatic carbocycles. The molecule has 0 radical (unpaired) electrons. The molecule has 0 saturated carbocycles. The highest BCUT2D eigenvalue weighted by Crippen LogP contribution is 2.23. The minimum atomic E-state index is -1.02. The van der Waals surface area contributed by atoms with Crippen LogP contribution < -0.4 is 0 Å². The second-order valence-corrected chi connectivity index (χ2v) is 5.04. The second kappa shape index (κ2) is 5.26. The van der Waals surface area contributed by atoms with Gasteiger partial charge in [-0.1, -0.05) is 30.3 Å². The van der Waals surface area contributed by atoms with Crippen LogP contribution in [0.4, 0.5) is 0 Å². The zero-order valence-electron chi connectivity index (χ0n) is 11.1. The summed E-state index contributed by atoms with van der Waals surface area (Å²) in [6.07, 6.45) is 2.93. The van der Waals surface area contributed by atoms with Gasteiger partial charge in [0.25, 0.3) is 0 Å². The Kier molecular flexibility index (Phi) is 3.69. The lowest BCUT2D eigenvalue weighted by Gasteiger charge is -2.14. The molecule has 19 heavy (non-hydrogen) atoms. The van der Waals surface area contributed by atoms with Crippen LogP contribution in [0.25, 0.3) is 0 Å². The number of aliphatic carboxylic acids is 1. The first kappa shape index (κ1) is 13.3. The van der Waals surface area contributed by atoms with Gasteiger partial charge in [-0.2, -0.15) is 0 Å². The number of hydrogen-bond donors (Lipinski definition) is 1. The second-order valence-electron chi connectivity index (χ2n) is 5.04. The van der Waals surface area contributed by atoms with E-state index in [4.69, 9.17) is 9.52 Å². The Morgan fingerprint density at radius 2 is 1.95 bits per heavy atom. The largest absolute Gasteiger partial charge is 0.481 e. The molecule has 0 aliphatic heterocycles. The fourth-order valence-corrected chi connectivity index (χ4v) is 1.72. The first-order valence-electron chi connectivity index (χ1n) is 6.22. The van der Waals surface area contributed by atoms with E-state index in [1.54, 1.807) is 13.8 Å². The van der Waals surface area contributed by atoms with Crippen LogP contribution in [0, 0.1) is 0 Å². The zero-order valence-corrected chi connectivity index (χ0v) is 11.1. The summed E-state index contributed by atoms with van der Waals surface area (Å²) in [5, 5.41) is 9.13. The van der Waals surface area contributed by atoms with E-state index in [1.165, 1.54) is 11.8 Å². The number of carboxylic acid groups (broad SMARTS) is 1. The van der Waals surface area contributed by atoms with Crippen LogP contribution >= 0.6 is 0 Å². The maximum absolute atomic E-state index is 11.1. The number of rotatable bonds is 5. The third kappa shape index (κ3) is 3.02. The average molecular weight is 259 g/mol. The maximum atomic E-state index is 11.1. The van der Waals surface area contributed by atoms with Crippen LogP contribution in [0.3, 0.4) is 0 Å². The molecule has 4 heteroatoms. The van der Waals surface area contributed by atoms with E-state index >= 15 is 0 Å². The van der Waals surface area contributed by atoms with Crippen molar-refractivity contribution in [2.75, 3.05) is 0 Å². The summed E-state index contributed by atoms with van der Waals surface area (Å²) in [6, 6.07) is 10.0. The molecule has 0 fully saturated rings. The van der Waals surface area contributed by atoms with Gasteiger partial charge in [0.2, 0.25) is 0 Å². The number of carboxylic acids is 1. The van der Waals surface area contributed by atoms with Crippen molar-refractivity contribution in [3.05, 3.63) is 53.7 Å². The van der Waals surface area contributed by atoms with Crippen molar-refractivity contribution in [3.8, 4) is 0 Å². The molecule has 0 aliphatic rings. The molecule has 0 atom stereocenters. The van der Waals surface area contributed by atoms with Crippen molar-refractivity contribution < 1.29 is 14.3 Å². The van der Waals surface area contributed by atoms with Gasteiger partial charge in [0, 0.05) is 6.42 Å². The Balaban J connectivity index is 2.04. The van der Waals surface area contributed by atoms with Crippen LogP contribution in [0.5, 0.6) is 0 Å². The van der Waals surface area contributed by atoms with Crippen molar-refractivity contribution in [1.29, 1.82) is 0 Å². The van der Waals surface area contributed by atoms with Gasteiger partial charge < -0.3 is 9.52 Å². The van der Waals surface area contributed by atoms with E-state index in [1.807, 2.05) is 30.3 Å². The molecule has 100 valence electrons. The molecule has 0 spiro atoms. The summed E-state index contributed by atoms with van der Waals surface area (Å²) in [6.45, 7) is 3.24. The van der Waals surface area contributed by atoms with Crippen molar-refractivity contribution in [2.24, 2.45) is 0 Å². The van der Waals surface area contributed by atoms with E-state index in [0.717, 1.165) is 6.42 Å². The molecule has 0 bridgehead atoms. The quantitative estimate of drug-likeness (QED) is 0.896. The highest BCUT2D eigenvalue weighted by Gasteiger charge is 2.32. The smallest absolute Gasteiger partial charge is 0.315 e. The molecule has 1 N–H and O–H groups in total. The molecule has 4 nitrogen and oxygen atoms in total. The van der Waals surface area contributed by atoms with E-state index in [9.17, 15) is 4.79 Å². The van der Waals surface area contributed by atoms with Gasteiger partial charge in [0.15, 0.2) is 5.89 Å². The molecule has 0 aliphatic carbocycles. The van der Waals surface area contributed by atoms with Crippen molar-refractivity contribution in [1.82, 2.24) is 4.98 Å². The molecule has 2 aromatic rings. The molecule has 2 rings (SSSR count). The highest BCUT2D eigenvalue weighted by atomic mass is 16.4. The number of benzene rings is 1. The van der Waals surface area contributed by atoms with Gasteiger partial charge in [0.05, 0.1) is 5.69 Å². The number of hydrogen-bond acceptors (Lipinski definition) is 3. The number of aryl methyl sites for hydroxylation is 2. The van der Waals surface area contributed by atoms with Gasteiger partial charge in [-0.15, -0.1) is 0 Å². The topological polar surface area (TPSA) is 63.3 Å². The van der Waals surface area contributed by atoms with Crippen molar-refractivity contribution in [2.45, 2.75) is 32.1 Å². The lowest BCUT2D eigenvalue weighted by atomic mass is 9.90. The Bertz CT molecular complexity index is 558. The average Bonchev–Trinajstić information content (AvgIpc) is 2.87. The Morgan fingerprint density at radius 1 is 1.26 bits per heavy atom. The summed E-state index contributed by atoms with van der Waals surface area (Å²) in [5.74, 6) is -0.330. The number of carbonyl (C=O) groups is 1. The number of oxazole rings is 1. The predicted octanol–water partition coefficient (Wildman–Crippen LogP) is 2.82. The van der Waals surface area contributed by atoms with E-state index in [-0.39, 0.29) is 0 Å². The Hall–Kier alpha value is -2.10. The molecule has 0 amide bonds. The normalized spacial score (nSPS) is 11.5. The van der Waals surface area contributed by atoms with Crippen molar-refractivity contribution in [3.63, 3.8) is 0 Å². The molecular weight excluding hydrogens is 242 g/mol. The molecule has 0 unspecified atom stereocenters. The predicted molar refractivity (Wildman–Crippen MR) is 71.0 cm³/mol. The van der Waals surface area contributed by atoms with Gasteiger partial charge in [0.1, 0.15) is 11.7 Å². The molecule has 1 heterocycles. The van der Waals surface area contributed by atoms with Gasteiger partial charge in [-0.05, 0) is 25.8 Å². The zero-order chi connectivity index (χ0) is 13.9. The Labute approximate surface area is 112 Å². The Morgan fingerprint density at radius 3 is 2.58 bits per heavy atom. The van der Waals surface area contributed by atoms with Gasteiger partial charge >= 0.3 is 5.97 Å². The number of aromatic nitrogens is 1. The van der Waals surface area contributed by atoms with Crippen LogP contribution in [0.1, 0.15) is 31.0 Å². The van der Waals surface area contributed by atoms with E-state index in [2.05, 4.69) is 4.98 Å². The standard InChI is InChI=1S/C15H17NO3/c1-15(2,14(17)18)12-10-19-13(16-12)9-8-11-6-4-3-5-7-11/h3-7,10H,8-9H2,1-2H3,(H,17,18). The first-order chi connectivity index (χ1) is 9.00. The maximum Gasteiger partial charge on any atom is 0.315 e. The number of nitrogens with zero attached hydrogens (tertiary/aromatic N) is 1. The summed E-state index contributed by atoms with van der Waals surface area (Å²) in [5.41, 5.74) is 0.650. The SMILES string of the molecule is CC(C)(C(=O)O)c1coc(CCc2ccccc2)n1. The lowest BCUT2D eigenvalue weighted by Crippen LogP contribution is -2.28. The minimum absolute atomic E-state index is 0.461. The summed E-state index contributed by atoms with van der Waals surface area (Å²) in [7, 11) is 0. The van der Waals surface area contributed by atoms with Crippen LogP contribution in [0.15, 0.2) is 41.0 Å². The van der Waals surface area contributed by atoms with Gasteiger partial charge in [-0.3, -0.25) is 4.79 Å². The van der Waals surface area contributed by atoms with E-state index < -0.39 is 11.4 Å². The third-order valence-electron chi connectivity index (χ3n) is 3.20. The first-order valence-corrected chi connectivity index (χ1v) is 6.22. The molecule has 1 aromatic heterocycles. The van der Waals surface area contributed by atoms with Crippen LogP contribution in [0.2, 0.25) is 0 Å². The van der Waals surface area contributed by atoms with Crippen LogP contribution in [-0.2, 0) is 23.1 Å². The monoisotopic (exact) mass is 259 g/mol. The van der Waals surface area contributed by atoms with Gasteiger partial charge in [-0.25, -0.2) is 4.98 Å². The van der Waals surface area contributed by atoms with Crippen molar-refractivity contribution >= 4 is 5.97 Å². The highest BCUT2D eigenvalue weighted by molar-refractivity contribution is 5.79. The molecular formula is C15H17NO3. The lowest BCUT2D eigenvalue weighted by molar-refractivity contribution is -0.142. The summed E-state index contributed by atoms with van der Waals surface area (Å²) < 4.78 is 5.35. The summed E-state index contributed by atoms with van der Waals surface area (Å²) in [4.78, 5) is 15.4. The minimum Gasteiger partial charge on any atom is -0.481 e. The summed E-state index contributed by atoms with van der Waals surface area (Å²) >= 11 is 0. The van der Waals surface area contributed by atoms with E-state index in [0.29, 0.717) is 18.0 Å². The fourth-order valence-electron chi connectivity index (χ4n) is 1.72. The third-order valence-corrected chi connectivity index (χ3v) is 3.20.